The van der Waals surface area contributed by atoms with Crippen LogP contribution in [0.1, 0.15) is 36.8 Å². The second-order valence-corrected chi connectivity index (χ2v) is 5.74. The van der Waals surface area contributed by atoms with Crippen LogP contribution in [-0.4, -0.2) is 30.4 Å². The SMILES string of the molecule is OCC(CCOc1ccc2c(c1)CCC2)NC1CC1. The highest BCUT2D eigenvalue weighted by molar-refractivity contribution is 5.38. The van der Waals surface area contributed by atoms with Gasteiger partial charge in [0.15, 0.2) is 0 Å². The van der Waals surface area contributed by atoms with E-state index >= 15 is 0 Å². The van der Waals surface area contributed by atoms with Crippen molar-refractivity contribution in [2.24, 2.45) is 0 Å². The fourth-order valence-corrected chi connectivity index (χ4v) is 2.77. The normalized spacial score (nSPS) is 19.2. The van der Waals surface area contributed by atoms with Crippen LogP contribution in [0.4, 0.5) is 0 Å². The molecule has 0 aliphatic heterocycles. The Balaban J connectivity index is 1.46. The van der Waals surface area contributed by atoms with Gasteiger partial charge in [-0.2, -0.15) is 0 Å². The number of nitrogens with one attached hydrogen (secondary N) is 1. The van der Waals surface area contributed by atoms with Crippen LogP contribution in [0.25, 0.3) is 0 Å². The summed E-state index contributed by atoms with van der Waals surface area (Å²) in [4.78, 5) is 0. The van der Waals surface area contributed by atoms with E-state index in [0.717, 1.165) is 12.2 Å². The topological polar surface area (TPSA) is 41.5 Å². The maximum atomic E-state index is 9.31. The van der Waals surface area contributed by atoms with Crippen LogP contribution in [0.2, 0.25) is 0 Å². The lowest BCUT2D eigenvalue weighted by atomic mass is 10.1. The highest BCUT2D eigenvalue weighted by Crippen LogP contribution is 2.26. The fourth-order valence-electron chi connectivity index (χ4n) is 2.77. The van der Waals surface area contributed by atoms with Gasteiger partial charge in [-0.25, -0.2) is 0 Å². The minimum atomic E-state index is 0.182. The Labute approximate surface area is 115 Å². The van der Waals surface area contributed by atoms with Gasteiger partial charge >= 0.3 is 0 Å². The van der Waals surface area contributed by atoms with Crippen molar-refractivity contribution in [3.05, 3.63) is 29.3 Å². The molecular weight excluding hydrogens is 238 g/mol. The number of ether oxygens (including phenoxy) is 1. The van der Waals surface area contributed by atoms with Gasteiger partial charge in [0.1, 0.15) is 5.75 Å². The molecule has 1 aromatic rings. The maximum absolute atomic E-state index is 9.31. The van der Waals surface area contributed by atoms with Crippen LogP contribution >= 0.6 is 0 Å². The molecule has 1 unspecified atom stereocenters. The number of aryl methyl sites for hydroxylation is 2. The number of aliphatic hydroxyl groups is 1. The molecule has 0 radical (unpaired) electrons. The van der Waals surface area contributed by atoms with Crippen molar-refractivity contribution in [1.82, 2.24) is 5.32 Å². The summed E-state index contributed by atoms with van der Waals surface area (Å²) in [5.41, 5.74) is 2.93. The molecule has 3 rings (SSSR count). The smallest absolute Gasteiger partial charge is 0.119 e. The molecule has 0 amide bonds. The lowest BCUT2D eigenvalue weighted by molar-refractivity contribution is 0.207. The standard InChI is InChI=1S/C16H23NO2/c18-11-15(17-14-5-6-14)8-9-19-16-7-4-12-2-1-3-13(12)10-16/h4,7,10,14-15,17-18H,1-3,5-6,8-9,11H2. The average Bonchev–Trinajstić information content (AvgIpc) is 3.12. The Hall–Kier alpha value is -1.06. The average molecular weight is 261 g/mol. The van der Waals surface area contributed by atoms with E-state index in [4.69, 9.17) is 4.74 Å². The van der Waals surface area contributed by atoms with Crippen LogP contribution < -0.4 is 10.1 Å². The molecular formula is C16H23NO2. The van der Waals surface area contributed by atoms with Crippen LogP contribution in [0.15, 0.2) is 18.2 Å². The van der Waals surface area contributed by atoms with Crippen LogP contribution in [0.3, 0.4) is 0 Å². The summed E-state index contributed by atoms with van der Waals surface area (Å²) in [6.07, 6.45) is 7.05. The van der Waals surface area contributed by atoms with E-state index in [1.54, 1.807) is 0 Å². The molecule has 1 fully saturated rings. The summed E-state index contributed by atoms with van der Waals surface area (Å²) in [5, 5.41) is 12.7. The van der Waals surface area contributed by atoms with E-state index in [9.17, 15) is 5.11 Å². The zero-order valence-corrected chi connectivity index (χ0v) is 11.4. The van der Waals surface area contributed by atoms with Crippen molar-refractivity contribution in [3.63, 3.8) is 0 Å². The van der Waals surface area contributed by atoms with Crippen LogP contribution in [0, 0.1) is 0 Å². The van der Waals surface area contributed by atoms with E-state index in [0.29, 0.717) is 12.6 Å². The van der Waals surface area contributed by atoms with Crippen LogP contribution in [0.5, 0.6) is 5.75 Å². The quantitative estimate of drug-likeness (QED) is 0.789. The minimum Gasteiger partial charge on any atom is -0.494 e. The molecule has 19 heavy (non-hydrogen) atoms. The van der Waals surface area contributed by atoms with E-state index in [2.05, 4.69) is 23.5 Å². The van der Waals surface area contributed by atoms with Crippen molar-refractivity contribution in [2.75, 3.05) is 13.2 Å². The van der Waals surface area contributed by atoms with Gasteiger partial charge in [0.25, 0.3) is 0 Å². The molecule has 2 aliphatic rings. The first-order chi connectivity index (χ1) is 9.35. The molecule has 0 spiro atoms. The minimum absolute atomic E-state index is 0.182. The Morgan fingerprint density at radius 3 is 2.89 bits per heavy atom. The Morgan fingerprint density at radius 1 is 1.26 bits per heavy atom. The second kappa shape index (κ2) is 5.93. The summed E-state index contributed by atoms with van der Waals surface area (Å²) in [7, 11) is 0. The first-order valence-electron chi connectivity index (χ1n) is 7.46. The summed E-state index contributed by atoms with van der Waals surface area (Å²) in [6.45, 7) is 0.869. The number of benzene rings is 1. The van der Waals surface area contributed by atoms with Gasteiger partial charge in [-0.05, 0) is 61.8 Å². The lowest BCUT2D eigenvalue weighted by Gasteiger charge is -2.16. The molecule has 104 valence electrons. The third kappa shape index (κ3) is 3.48. The fraction of sp³-hybridized carbons (Fsp3) is 0.625. The molecule has 1 saturated carbocycles. The number of hydrogen-bond acceptors (Lipinski definition) is 3. The molecule has 0 saturated heterocycles. The maximum Gasteiger partial charge on any atom is 0.119 e. The third-order valence-corrected chi connectivity index (χ3v) is 4.07. The highest BCUT2D eigenvalue weighted by atomic mass is 16.5. The zero-order chi connectivity index (χ0) is 13.1. The first kappa shape index (κ1) is 12.9. The number of rotatable bonds is 7. The zero-order valence-electron chi connectivity index (χ0n) is 11.4. The Bertz CT molecular complexity index is 429. The van der Waals surface area contributed by atoms with Gasteiger partial charge < -0.3 is 15.2 Å². The third-order valence-electron chi connectivity index (χ3n) is 4.07. The molecule has 0 aromatic heterocycles. The van der Waals surface area contributed by atoms with Gasteiger partial charge in [0.05, 0.1) is 13.2 Å². The number of fused-ring (bicyclic) bond motifs is 1. The molecule has 2 N–H and O–H groups in total. The van der Waals surface area contributed by atoms with Gasteiger partial charge in [0.2, 0.25) is 0 Å². The predicted molar refractivity (Wildman–Crippen MR) is 75.6 cm³/mol. The van der Waals surface area contributed by atoms with Crippen molar-refractivity contribution in [2.45, 2.75) is 50.6 Å². The molecule has 3 heteroatoms. The van der Waals surface area contributed by atoms with E-state index < -0.39 is 0 Å². The van der Waals surface area contributed by atoms with Crippen molar-refractivity contribution < 1.29 is 9.84 Å². The molecule has 0 heterocycles. The number of hydrogen-bond donors (Lipinski definition) is 2. The molecule has 0 bridgehead atoms. The van der Waals surface area contributed by atoms with Crippen molar-refractivity contribution in [3.8, 4) is 5.75 Å². The van der Waals surface area contributed by atoms with Crippen molar-refractivity contribution >= 4 is 0 Å². The summed E-state index contributed by atoms with van der Waals surface area (Å²) < 4.78 is 5.81. The summed E-state index contributed by atoms with van der Waals surface area (Å²) in [5.74, 6) is 0.976. The van der Waals surface area contributed by atoms with E-state index in [1.165, 1.54) is 43.2 Å². The monoisotopic (exact) mass is 261 g/mol. The summed E-state index contributed by atoms with van der Waals surface area (Å²) in [6, 6.07) is 7.28. The highest BCUT2D eigenvalue weighted by Gasteiger charge is 2.24. The first-order valence-corrected chi connectivity index (χ1v) is 7.46. The Morgan fingerprint density at radius 2 is 2.11 bits per heavy atom. The second-order valence-electron chi connectivity index (χ2n) is 5.74. The number of aliphatic hydroxyl groups excluding tert-OH is 1. The van der Waals surface area contributed by atoms with Gasteiger partial charge in [0, 0.05) is 12.1 Å². The van der Waals surface area contributed by atoms with Gasteiger partial charge in [-0.1, -0.05) is 6.07 Å². The molecule has 2 aliphatic carbocycles. The largest absolute Gasteiger partial charge is 0.494 e. The van der Waals surface area contributed by atoms with Gasteiger partial charge in [-0.3, -0.25) is 0 Å². The lowest BCUT2D eigenvalue weighted by Crippen LogP contribution is -2.35. The molecule has 3 nitrogen and oxygen atoms in total. The summed E-state index contributed by atoms with van der Waals surface area (Å²) >= 11 is 0. The van der Waals surface area contributed by atoms with Gasteiger partial charge in [-0.15, -0.1) is 0 Å². The molecule has 1 atom stereocenters. The molecule has 1 aromatic carbocycles. The van der Waals surface area contributed by atoms with E-state index in [1.807, 2.05) is 0 Å². The van der Waals surface area contributed by atoms with Crippen molar-refractivity contribution in [1.29, 1.82) is 0 Å². The van der Waals surface area contributed by atoms with Crippen LogP contribution in [-0.2, 0) is 12.8 Å². The van der Waals surface area contributed by atoms with E-state index in [-0.39, 0.29) is 12.6 Å². The predicted octanol–water partition coefficient (Wildman–Crippen LogP) is 2.06. The Kier molecular flexibility index (Phi) is 4.04.